The summed E-state index contributed by atoms with van der Waals surface area (Å²) in [6.07, 6.45) is 3.02. The van der Waals surface area contributed by atoms with Gasteiger partial charge in [0, 0.05) is 36.9 Å². The molecule has 1 aliphatic carbocycles. The quantitative estimate of drug-likeness (QED) is 0.396. The van der Waals surface area contributed by atoms with E-state index in [0.717, 1.165) is 31.2 Å². The summed E-state index contributed by atoms with van der Waals surface area (Å²) < 4.78 is 65.0. The van der Waals surface area contributed by atoms with E-state index in [1.807, 2.05) is 0 Å². The molecule has 0 unspecified atom stereocenters. The van der Waals surface area contributed by atoms with E-state index >= 15 is 0 Å². The molecule has 39 heavy (non-hydrogen) atoms. The molecule has 1 fully saturated rings. The summed E-state index contributed by atoms with van der Waals surface area (Å²) >= 11 is 0. The minimum atomic E-state index is -3.80. The van der Waals surface area contributed by atoms with Gasteiger partial charge in [0.1, 0.15) is 29.7 Å². The highest BCUT2D eigenvalue weighted by Gasteiger charge is 2.22. The van der Waals surface area contributed by atoms with Crippen LogP contribution in [0.1, 0.15) is 39.1 Å². The number of carbonyl (C=O) groups excluding carboxylic acids is 2. The van der Waals surface area contributed by atoms with E-state index in [4.69, 9.17) is 9.47 Å². The van der Waals surface area contributed by atoms with E-state index in [-0.39, 0.29) is 29.4 Å². The lowest BCUT2D eigenvalue weighted by Crippen LogP contribution is -2.29. The molecule has 0 heterocycles. The first-order valence-corrected chi connectivity index (χ1v) is 14.0. The molecule has 206 valence electrons. The fourth-order valence-corrected chi connectivity index (χ4v) is 4.19. The molecule has 4 rings (SSSR count). The van der Waals surface area contributed by atoms with Crippen LogP contribution in [-0.2, 0) is 16.6 Å². The highest BCUT2D eigenvalue weighted by Crippen LogP contribution is 2.33. The first kappa shape index (κ1) is 28.0. The molecule has 0 saturated heterocycles. The second kappa shape index (κ2) is 11.4. The number of nitrogens with one attached hydrogen (secondary N) is 1. The molecule has 0 atom stereocenters. The number of hydrogen-bond donors (Lipinski definition) is 1. The Kier molecular flexibility index (Phi) is 8.19. The Morgan fingerprint density at radius 1 is 0.923 bits per heavy atom. The summed E-state index contributed by atoms with van der Waals surface area (Å²) in [5.74, 6) is -1.47. The maximum absolute atomic E-state index is 14.6. The summed E-state index contributed by atoms with van der Waals surface area (Å²) in [6.45, 7) is 0.258. The smallest absolute Gasteiger partial charge is 0.264 e. The third-order valence-corrected chi connectivity index (χ3v) is 6.49. The predicted molar refractivity (Wildman–Crippen MR) is 141 cm³/mol. The highest BCUT2D eigenvalue weighted by atomic mass is 32.2. The molecule has 0 aromatic heterocycles. The van der Waals surface area contributed by atoms with Crippen LogP contribution in [0.3, 0.4) is 0 Å². The fourth-order valence-electron chi connectivity index (χ4n) is 3.74. The lowest BCUT2D eigenvalue weighted by molar-refractivity contribution is 0.0826. The van der Waals surface area contributed by atoms with Crippen molar-refractivity contribution in [2.45, 2.75) is 19.4 Å². The second-order valence-electron chi connectivity index (χ2n) is 9.67. The molecular formula is C28H28F2N2O6S. The van der Waals surface area contributed by atoms with Crippen LogP contribution in [0, 0.1) is 17.6 Å². The number of ether oxygens (including phenoxy) is 2. The lowest BCUT2D eigenvalue weighted by Gasteiger charge is -2.15. The zero-order valence-electron chi connectivity index (χ0n) is 21.7. The van der Waals surface area contributed by atoms with Crippen LogP contribution in [0.2, 0.25) is 0 Å². The normalized spacial score (nSPS) is 13.1. The zero-order chi connectivity index (χ0) is 28.3. The van der Waals surface area contributed by atoms with Crippen molar-refractivity contribution < 1.29 is 36.3 Å². The Morgan fingerprint density at radius 3 is 2.21 bits per heavy atom. The van der Waals surface area contributed by atoms with Gasteiger partial charge in [-0.05, 0) is 72.4 Å². The molecule has 1 aliphatic rings. The largest absolute Gasteiger partial charge is 0.493 e. The summed E-state index contributed by atoms with van der Waals surface area (Å²) in [7, 11) is -0.529. The van der Waals surface area contributed by atoms with Crippen LogP contribution in [-0.4, -0.2) is 52.1 Å². The number of halogens is 2. The summed E-state index contributed by atoms with van der Waals surface area (Å²) in [6, 6.07) is 12.5. The van der Waals surface area contributed by atoms with Crippen molar-refractivity contribution in [3.63, 3.8) is 0 Å². The maximum atomic E-state index is 14.6. The molecule has 3 aromatic rings. The molecular weight excluding hydrogens is 530 g/mol. The molecule has 0 spiro atoms. The van der Waals surface area contributed by atoms with Gasteiger partial charge >= 0.3 is 0 Å². The van der Waals surface area contributed by atoms with Gasteiger partial charge < -0.3 is 14.4 Å². The van der Waals surface area contributed by atoms with E-state index in [1.165, 1.54) is 23.1 Å². The van der Waals surface area contributed by atoms with Gasteiger partial charge in [0.25, 0.3) is 11.8 Å². The molecule has 3 aromatic carbocycles. The predicted octanol–water partition coefficient (Wildman–Crippen LogP) is 4.39. The van der Waals surface area contributed by atoms with Crippen LogP contribution in [0.25, 0.3) is 11.1 Å². The Bertz CT molecular complexity index is 1520. The first-order chi connectivity index (χ1) is 18.4. The van der Waals surface area contributed by atoms with Crippen molar-refractivity contribution >= 4 is 21.8 Å². The summed E-state index contributed by atoms with van der Waals surface area (Å²) in [5.41, 5.74) is 1.26. The van der Waals surface area contributed by atoms with Crippen LogP contribution in [0.5, 0.6) is 11.5 Å². The topological polar surface area (TPSA) is 102 Å². The van der Waals surface area contributed by atoms with Gasteiger partial charge in [0.05, 0.1) is 12.9 Å². The number of nitrogens with zero attached hydrogens (tertiary/aromatic N) is 1. The number of benzene rings is 3. The van der Waals surface area contributed by atoms with Crippen molar-refractivity contribution in [3.05, 3.63) is 82.9 Å². The molecule has 8 nitrogen and oxygen atoms in total. The van der Waals surface area contributed by atoms with E-state index in [1.54, 1.807) is 43.1 Å². The maximum Gasteiger partial charge on any atom is 0.264 e. The number of amides is 2. The van der Waals surface area contributed by atoms with E-state index in [2.05, 4.69) is 0 Å². The van der Waals surface area contributed by atoms with Crippen molar-refractivity contribution in [1.29, 1.82) is 0 Å². The third kappa shape index (κ3) is 7.76. The SMILES string of the molecule is CN(C)C(=O)c1cc(OCC2CC2)cc(-c2cc(F)cc(OCc3ccc(C(=O)NS(C)(=O)=O)cc3F)c2)c1. The minimum Gasteiger partial charge on any atom is -0.493 e. The molecule has 2 amide bonds. The van der Waals surface area contributed by atoms with Gasteiger partial charge in [-0.25, -0.2) is 21.9 Å². The van der Waals surface area contributed by atoms with Crippen LogP contribution in [0.4, 0.5) is 8.78 Å². The Balaban J connectivity index is 1.55. The van der Waals surface area contributed by atoms with E-state index < -0.39 is 27.6 Å². The average molecular weight is 559 g/mol. The van der Waals surface area contributed by atoms with Crippen LogP contribution < -0.4 is 14.2 Å². The van der Waals surface area contributed by atoms with Crippen LogP contribution in [0.15, 0.2) is 54.6 Å². The summed E-state index contributed by atoms with van der Waals surface area (Å²) in [4.78, 5) is 26.1. The van der Waals surface area contributed by atoms with Gasteiger partial charge in [-0.3, -0.25) is 9.59 Å². The highest BCUT2D eigenvalue weighted by molar-refractivity contribution is 7.89. The van der Waals surface area contributed by atoms with Crippen molar-refractivity contribution in [2.24, 2.45) is 5.92 Å². The van der Waals surface area contributed by atoms with Crippen LogP contribution >= 0.6 is 0 Å². The van der Waals surface area contributed by atoms with Gasteiger partial charge in [0.15, 0.2) is 0 Å². The van der Waals surface area contributed by atoms with Gasteiger partial charge in [-0.1, -0.05) is 6.07 Å². The number of rotatable bonds is 10. The van der Waals surface area contributed by atoms with Crippen molar-refractivity contribution in [2.75, 3.05) is 27.0 Å². The molecule has 0 radical (unpaired) electrons. The Labute approximate surface area is 225 Å². The number of carbonyl (C=O) groups is 2. The van der Waals surface area contributed by atoms with Crippen molar-refractivity contribution in [3.8, 4) is 22.6 Å². The minimum absolute atomic E-state index is 0.0751. The zero-order valence-corrected chi connectivity index (χ0v) is 22.5. The Hall–Kier alpha value is -3.99. The van der Waals surface area contributed by atoms with Gasteiger partial charge in [-0.2, -0.15) is 0 Å². The third-order valence-electron chi connectivity index (χ3n) is 5.93. The Morgan fingerprint density at radius 2 is 1.59 bits per heavy atom. The lowest BCUT2D eigenvalue weighted by atomic mass is 10.0. The molecule has 0 aliphatic heterocycles. The molecule has 1 N–H and O–H groups in total. The standard InChI is InChI=1S/C28H28F2N2O6S/c1-32(2)28(34)22-8-20(10-24(12-22)37-15-17-4-5-17)21-9-23(29)14-25(11-21)38-16-19-7-6-18(13-26(19)30)27(33)31-39(3,35)36/h6-14,17H,4-5,15-16H2,1-3H3,(H,31,33). The molecule has 0 bridgehead atoms. The molecule has 11 heteroatoms. The second-order valence-corrected chi connectivity index (χ2v) is 11.4. The van der Waals surface area contributed by atoms with Crippen molar-refractivity contribution in [1.82, 2.24) is 9.62 Å². The average Bonchev–Trinajstić information content (AvgIpc) is 3.69. The van der Waals surface area contributed by atoms with E-state index in [0.29, 0.717) is 35.0 Å². The fraction of sp³-hybridized carbons (Fsp3) is 0.286. The number of sulfonamides is 1. The van der Waals surface area contributed by atoms with E-state index in [9.17, 15) is 26.8 Å². The number of hydrogen-bond acceptors (Lipinski definition) is 6. The summed E-state index contributed by atoms with van der Waals surface area (Å²) in [5, 5.41) is 0. The van der Waals surface area contributed by atoms with Gasteiger partial charge in [-0.15, -0.1) is 0 Å². The monoisotopic (exact) mass is 558 g/mol. The molecule has 1 saturated carbocycles. The first-order valence-electron chi connectivity index (χ1n) is 12.1. The van der Waals surface area contributed by atoms with Gasteiger partial charge in [0.2, 0.25) is 10.0 Å².